The number of benzene rings is 2. The first-order chi connectivity index (χ1) is 23.7. The Labute approximate surface area is 292 Å². The lowest BCUT2D eigenvalue weighted by Gasteiger charge is -2.29. The van der Waals surface area contributed by atoms with Crippen molar-refractivity contribution in [2.24, 2.45) is 7.05 Å². The number of halogens is 3. The van der Waals surface area contributed by atoms with Gasteiger partial charge in [-0.3, -0.25) is 9.78 Å². The topological polar surface area (TPSA) is 135 Å². The van der Waals surface area contributed by atoms with Crippen molar-refractivity contribution in [1.29, 1.82) is 0 Å². The summed E-state index contributed by atoms with van der Waals surface area (Å²) in [4.78, 5) is 44.9. The Morgan fingerprint density at radius 2 is 1.84 bits per heavy atom. The molecule has 0 fully saturated rings. The van der Waals surface area contributed by atoms with Crippen LogP contribution in [0.3, 0.4) is 0 Å². The van der Waals surface area contributed by atoms with Gasteiger partial charge in [-0.2, -0.15) is 0 Å². The average Bonchev–Trinajstić information content (AvgIpc) is 3.41. The van der Waals surface area contributed by atoms with Crippen LogP contribution in [0.15, 0.2) is 48.7 Å². The fourth-order valence-corrected chi connectivity index (χ4v) is 6.27. The van der Waals surface area contributed by atoms with E-state index in [1.807, 2.05) is 45.9 Å². The number of ketones is 1. The van der Waals surface area contributed by atoms with E-state index in [0.29, 0.717) is 46.1 Å². The minimum Gasteiger partial charge on any atom is -0.444 e. The third-order valence-electron chi connectivity index (χ3n) is 8.45. The van der Waals surface area contributed by atoms with Gasteiger partial charge in [0.1, 0.15) is 11.1 Å². The van der Waals surface area contributed by atoms with E-state index in [9.17, 15) is 23.5 Å². The zero-order chi connectivity index (χ0) is 35.9. The van der Waals surface area contributed by atoms with Crippen LogP contribution >= 0.6 is 11.6 Å². The summed E-state index contributed by atoms with van der Waals surface area (Å²) in [5.41, 5.74) is 5.18. The number of fused-ring (bicyclic) bond motifs is 2. The van der Waals surface area contributed by atoms with Crippen molar-refractivity contribution in [3.05, 3.63) is 93.4 Å². The summed E-state index contributed by atoms with van der Waals surface area (Å²) in [5, 5.41) is 13.0. The number of nitrogens with one attached hydrogen (secondary N) is 1. The number of aliphatic hydroxyl groups excluding tert-OH is 1. The number of hydrogen-bond donors (Lipinski definition) is 2. The number of pyridine rings is 1. The summed E-state index contributed by atoms with van der Waals surface area (Å²) in [6, 6.07) is 12.4. The summed E-state index contributed by atoms with van der Waals surface area (Å²) in [6.45, 7) is 7.69. The number of carbonyl (C=O) groups is 2. The molecule has 2 N–H and O–H groups in total. The highest BCUT2D eigenvalue weighted by molar-refractivity contribution is 6.34. The van der Waals surface area contributed by atoms with Gasteiger partial charge < -0.3 is 24.6 Å². The zero-order valence-corrected chi connectivity index (χ0v) is 29.0. The molecule has 14 heteroatoms. The highest BCUT2D eigenvalue weighted by Gasteiger charge is 2.30. The van der Waals surface area contributed by atoms with E-state index in [2.05, 4.69) is 25.3 Å². The van der Waals surface area contributed by atoms with E-state index >= 15 is 0 Å². The first-order valence-corrected chi connectivity index (χ1v) is 16.4. The van der Waals surface area contributed by atoms with Crippen LogP contribution in [-0.4, -0.2) is 58.5 Å². The molecule has 0 aliphatic carbocycles. The number of aromatic nitrogens is 5. The number of aliphatic hydroxyl groups is 1. The van der Waals surface area contributed by atoms with E-state index in [0.717, 1.165) is 16.8 Å². The first-order valence-electron chi connectivity index (χ1n) is 16.0. The second-order valence-corrected chi connectivity index (χ2v) is 13.5. The number of anilines is 2. The van der Waals surface area contributed by atoms with Gasteiger partial charge in [-0.1, -0.05) is 41.9 Å². The van der Waals surface area contributed by atoms with E-state index in [4.69, 9.17) is 16.3 Å². The van der Waals surface area contributed by atoms with Gasteiger partial charge in [0.2, 0.25) is 5.78 Å². The molecule has 0 unspecified atom stereocenters. The van der Waals surface area contributed by atoms with Crippen LogP contribution < -0.4 is 5.32 Å². The monoisotopic (exact) mass is 703 g/mol. The lowest BCUT2D eigenvalue weighted by molar-refractivity contribution is 0.0220. The Balaban J connectivity index is 1.26. The minimum atomic E-state index is -2.92. The number of hydrogen-bond acceptors (Lipinski definition) is 9. The Morgan fingerprint density at radius 3 is 2.56 bits per heavy atom. The van der Waals surface area contributed by atoms with Crippen molar-refractivity contribution < 1.29 is 28.2 Å². The number of rotatable bonds is 8. The molecule has 0 bridgehead atoms. The maximum absolute atomic E-state index is 13.7. The molecule has 0 saturated heterocycles. The Hall–Kier alpha value is -5.01. The lowest BCUT2D eigenvalue weighted by Crippen LogP contribution is -2.40. The quantitative estimate of drug-likeness (QED) is 0.160. The summed E-state index contributed by atoms with van der Waals surface area (Å²) < 4.78 is 34.8. The van der Waals surface area contributed by atoms with Gasteiger partial charge in [0.05, 0.1) is 29.4 Å². The Morgan fingerprint density at radius 1 is 1.10 bits per heavy atom. The van der Waals surface area contributed by atoms with Gasteiger partial charge in [0.25, 0.3) is 6.43 Å². The lowest BCUT2D eigenvalue weighted by atomic mass is 9.96. The third-order valence-corrected chi connectivity index (χ3v) is 8.90. The number of carbonyl (C=O) groups excluding carboxylic acids is 2. The standard InChI is InChI=1S/C36H36ClF2N7O4/c1-19-22(9-7-11-24(19)41-32-30-25(14-20(18-47)16-40-30)42-33(44-32)31(38)39)23-10-6-8-21(29(23)37)15-28(48)34-43-26-17-46(13-12-27(26)45(34)5)35(49)50-36(2,3)4/h6-11,14,16,31,47H,12-13,15,17-18H2,1-5H3,(H,41,42,44). The molecule has 2 aromatic carbocycles. The maximum Gasteiger partial charge on any atom is 0.410 e. The van der Waals surface area contributed by atoms with Gasteiger partial charge in [-0.05, 0) is 62.1 Å². The molecule has 260 valence electrons. The molecule has 1 aliphatic rings. The van der Waals surface area contributed by atoms with Crippen molar-refractivity contribution in [1.82, 2.24) is 29.4 Å². The van der Waals surface area contributed by atoms with Crippen LogP contribution in [0.5, 0.6) is 0 Å². The van der Waals surface area contributed by atoms with Crippen LogP contribution in [0.1, 0.15) is 71.7 Å². The predicted octanol–water partition coefficient (Wildman–Crippen LogP) is 7.28. The van der Waals surface area contributed by atoms with Gasteiger partial charge in [0, 0.05) is 49.6 Å². The van der Waals surface area contributed by atoms with Crippen molar-refractivity contribution >= 4 is 46.0 Å². The van der Waals surface area contributed by atoms with E-state index < -0.39 is 23.9 Å². The van der Waals surface area contributed by atoms with Gasteiger partial charge in [0.15, 0.2) is 17.5 Å². The van der Waals surface area contributed by atoms with Crippen LogP contribution in [0.4, 0.5) is 25.1 Å². The zero-order valence-electron chi connectivity index (χ0n) is 28.2. The normalized spacial score (nSPS) is 13.1. The molecular weight excluding hydrogens is 668 g/mol. The Kier molecular flexibility index (Phi) is 9.56. The number of ether oxygens (including phenoxy) is 1. The molecule has 0 spiro atoms. The molecule has 0 saturated carbocycles. The number of alkyl halides is 2. The third kappa shape index (κ3) is 7.01. The molecular formula is C36H36ClF2N7O4. The van der Waals surface area contributed by atoms with Crippen molar-refractivity contribution in [2.75, 3.05) is 11.9 Å². The highest BCUT2D eigenvalue weighted by Crippen LogP contribution is 2.37. The number of amides is 1. The fraction of sp³-hybridized carbons (Fsp3) is 0.333. The highest BCUT2D eigenvalue weighted by atomic mass is 35.5. The van der Waals surface area contributed by atoms with E-state index in [1.165, 1.54) is 12.3 Å². The second kappa shape index (κ2) is 13.7. The van der Waals surface area contributed by atoms with Gasteiger partial charge >= 0.3 is 6.09 Å². The second-order valence-electron chi connectivity index (χ2n) is 13.1. The fourth-order valence-electron chi connectivity index (χ4n) is 5.98. The summed E-state index contributed by atoms with van der Waals surface area (Å²) in [7, 11) is 1.80. The average molecular weight is 704 g/mol. The van der Waals surface area contributed by atoms with Gasteiger partial charge in [-0.25, -0.2) is 28.5 Å². The molecule has 3 aromatic heterocycles. The summed E-state index contributed by atoms with van der Waals surface area (Å²) >= 11 is 6.98. The van der Waals surface area contributed by atoms with Crippen LogP contribution in [-0.2, 0) is 37.8 Å². The molecule has 50 heavy (non-hydrogen) atoms. The maximum atomic E-state index is 13.7. The molecule has 0 atom stereocenters. The van der Waals surface area contributed by atoms with Crippen LogP contribution in [0, 0.1) is 6.92 Å². The van der Waals surface area contributed by atoms with Crippen LogP contribution in [0.2, 0.25) is 5.02 Å². The van der Waals surface area contributed by atoms with Crippen molar-refractivity contribution in [3.8, 4) is 11.1 Å². The molecule has 1 amide bonds. The summed E-state index contributed by atoms with van der Waals surface area (Å²) in [6.07, 6.45) is -1.37. The minimum absolute atomic E-state index is 0.00595. The van der Waals surface area contributed by atoms with E-state index in [1.54, 1.807) is 34.7 Å². The smallest absolute Gasteiger partial charge is 0.410 e. The summed E-state index contributed by atoms with van der Waals surface area (Å²) in [5.74, 6) is -0.517. The van der Waals surface area contributed by atoms with E-state index in [-0.39, 0.29) is 48.0 Å². The largest absolute Gasteiger partial charge is 0.444 e. The number of nitrogens with zero attached hydrogens (tertiary/aromatic N) is 6. The molecule has 4 heterocycles. The molecule has 0 radical (unpaired) electrons. The molecule has 1 aliphatic heterocycles. The SMILES string of the molecule is Cc1c(Nc2nc(C(F)F)nc3cc(CO)cnc23)cccc1-c1cccc(CC(=O)c2nc3c(n2C)CCN(C(=O)OC(C)(C)C)C3)c1Cl. The number of Topliss-reactive ketones (excluding diaryl/α,β-unsaturated/α-hetero) is 1. The Bertz CT molecular complexity index is 2130. The molecule has 5 aromatic rings. The molecule has 6 rings (SSSR count). The predicted molar refractivity (Wildman–Crippen MR) is 185 cm³/mol. The first kappa shape index (κ1) is 34.8. The van der Waals surface area contributed by atoms with Crippen LogP contribution in [0.25, 0.3) is 22.2 Å². The molecule has 11 nitrogen and oxygen atoms in total. The van der Waals surface area contributed by atoms with Crippen molar-refractivity contribution in [3.63, 3.8) is 0 Å². The van der Waals surface area contributed by atoms with Crippen molar-refractivity contribution in [2.45, 2.75) is 65.7 Å². The number of imidazole rings is 1. The van der Waals surface area contributed by atoms with Gasteiger partial charge in [-0.15, -0.1) is 0 Å².